The maximum Gasteiger partial charge on any atom is 0.416 e. The highest BCUT2D eigenvalue weighted by Crippen LogP contribution is 2.31. The van der Waals surface area contributed by atoms with Crippen molar-refractivity contribution in [1.29, 1.82) is 0 Å². The van der Waals surface area contributed by atoms with Gasteiger partial charge in [-0.05, 0) is 50.6 Å². The third-order valence-corrected chi connectivity index (χ3v) is 3.32. The van der Waals surface area contributed by atoms with Gasteiger partial charge in [-0.2, -0.15) is 13.2 Å². The normalized spacial score (nSPS) is 18.0. The van der Waals surface area contributed by atoms with E-state index in [1.165, 1.54) is 18.6 Å². The van der Waals surface area contributed by atoms with E-state index in [0.717, 1.165) is 31.5 Å². The van der Waals surface area contributed by atoms with E-state index in [4.69, 9.17) is 0 Å². The summed E-state index contributed by atoms with van der Waals surface area (Å²) in [5.74, 6) is 0. The maximum atomic E-state index is 12.7. The lowest BCUT2D eigenvalue weighted by Crippen LogP contribution is -2.29. The van der Waals surface area contributed by atoms with Crippen molar-refractivity contribution in [2.45, 2.75) is 38.9 Å². The van der Waals surface area contributed by atoms with Crippen LogP contribution >= 0.6 is 0 Å². The van der Waals surface area contributed by atoms with Gasteiger partial charge in [0, 0.05) is 6.54 Å². The molecular weight excluding hydrogens is 239 g/mol. The molecule has 1 nitrogen and oxygen atoms in total. The molecule has 0 radical (unpaired) electrons. The second-order valence-corrected chi connectivity index (χ2v) is 5.04. The standard InChI is InChI=1S/C14H18F3N/c1-11-7-12(9-13(8-11)14(15,16)17)10-18-5-3-2-4-6-18/h7-9H,2-6,10H2,1H3. The van der Waals surface area contributed by atoms with Crippen molar-refractivity contribution in [3.8, 4) is 0 Å². The molecule has 1 heterocycles. The van der Waals surface area contributed by atoms with Crippen molar-refractivity contribution < 1.29 is 13.2 Å². The minimum Gasteiger partial charge on any atom is -0.299 e. The number of halogens is 3. The summed E-state index contributed by atoms with van der Waals surface area (Å²) in [4.78, 5) is 2.23. The number of nitrogens with zero attached hydrogens (tertiary/aromatic N) is 1. The van der Waals surface area contributed by atoms with Gasteiger partial charge in [0.2, 0.25) is 0 Å². The van der Waals surface area contributed by atoms with Crippen molar-refractivity contribution in [3.63, 3.8) is 0 Å². The minimum absolute atomic E-state index is 0.533. The van der Waals surface area contributed by atoms with Gasteiger partial charge in [-0.25, -0.2) is 0 Å². The van der Waals surface area contributed by atoms with Gasteiger partial charge in [-0.15, -0.1) is 0 Å². The fourth-order valence-electron chi connectivity index (χ4n) is 2.49. The molecule has 18 heavy (non-hydrogen) atoms. The predicted molar refractivity (Wildman–Crippen MR) is 65.3 cm³/mol. The molecule has 0 unspecified atom stereocenters. The fourth-order valence-corrected chi connectivity index (χ4v) is 2.49. The first-order valence-electron chi connectivity index (χ1n) is 6.35. The molecule has 0 N–H and O–H groups in total. The van der Waals surface area contributed by atoms with Crippen LogP contribution in [0.3, 0.4) is 0 Å². The van der Waals surface area contributed by atoms with E-state index < -0.39 is 11.7 Å². The minimum atomic E-state index is -4.25. The zero-order valence-electron chi connectivity index (χ0n) is 10.6. The summed E-state index contributed by atoms with van der Waals surface area (Å²) in [6.07, 6.45) is -0.712. The quantitative estimate of drug-likeness (QED) is 0.774. The molecule has 1 aromatic carbocycles. The Hall–Kier alpha value is -1.03. The Bertz CT molecular complexity index is 406. The van der Waals surface area contributed by atoms with Gasteiger partial charge in [0.25, 0.3) is 0 Å². The number of rotatable bonds is 2. The van der Waals surface area contributed by atoms with Crippen molar-refractivity contribution in [2.75, 3.05) is 13.1 Å². The van der Waals surface area contributed by atoms with Crippen LogP contribution in [-0.2, 0) is 12.7 Å². The molecule has 0 spiro atoms. The van der Waals surface area contributed by atoms with Crippen LogP contribution in [0.15, 0.2) is 18.2 Å². The van der Waals surface area contributed by atoms with E-state index in [2.05, 4.69) is 4.90 Å². The first-order chi connectivity index (χ1) is 8.45. The van der Waals surface area contributed by atoms with Crippen LogP contribution in [0.2, 0.25) is 0 Å². The number of hydrogen-bond acceptors (Lipinski definition) is 1. The van der Waals surface area contributed by atoms with Crippen molar-refractivity contribution in [1.82, 2.24) is 4.90 Å². The third kappa shape index (κ3) is 3.48. The molecule has 0 bridgehead atoms. The van der Waals surface area contributed by atoms with Gasteiger partial charge in [-0.3, -0.25) is 4.90 Å². The molecule has 1 aliphatic heterocycles. The molecule has 1 aliphatic rings. The maximum absolute atomic E-state index is 12.7. The molecule has 0 amide bonds. The number of hydrogen-bond donors (Lipinski definition) is 0. The molecule has 1 saturated heterocycles. The molecule has 0 aliphatic carbocycles. The Morgan fingerprint density at radius 1 is 1.06 bits per heavy atom. The van der Waals surface area contributed by atoms with Crippen molar-refractivity contribution >= 4 is 0 Å². The third-order valence-electron chi connectivity index (χ3n) is 3.32. The average molecular weight is 257 g/mol. The zero-order valence-corrected chi connectivity index (χ0v) is 10.6. The molecule has 0 atom stereocenters. The summed E-state index contributed by atoms with van der Waals surface area (Å²) in [6, 6.07) is 4.34. The van der Waals surface area contributed by atoms with Crippen LogP contribution in [-0.4, -0.2) is 18.0 Å². The van der Waals surface area contributed by atoms with Crippen LogP contribution in [0.25, 0.3) is 0 Å². The van der Waals surface area contributed by atoms with E-state index in [1.54, 1.807) is 6.92 Å². The van der Waals surface area contributed by atoms with E-state index in [-0.39, 0.29) is 0 Å². The molecular formula is C14H18F3N. The van der Waals surface area contributed by atoms with Gasteiger partial charge >= 0.3 is 6.18 Å². The molecule has 4 heteroatoms. The van der Waals surface area contributed by atoms with E-state index >= 15 is 0 Å². The second-order valence-electron chi connectivity index (χ2n) is 5.04. The molecule has 0 saturated carbocycles. The molecule has 0 aromatic heterocycles. The average Bonchev–Trinajstić information content (AvgIpc) is 2.28. The Morgan fingerprint density at radius 3 is 2.33 bits per heavy atom. The lowest BCUT2D eigenvalue weighted by molar-refractivity contribution is -0.137. The van der Waals surface area contributed by atoms with Gasteiger partial charge in [-0.1, -0.05) is 18.1 Å². The largest absolute Gasteiger partial charge is 0.416 e. The van der Waals surface area contributed by atoms with Crippen LogP contribution < -0.4 is 0 Å². The Morgan fingerprint density at radius 2 is 1.72 bits per heavy atom. The zero-order chi connectivity index (χ0) is 13.2. The van der Waals surface area contributed by atoms with Gasteiger partial charge in [0.1, 0.15) is 0 Å². The number of aryl methyl sites for hydroxylation is 1. The fraction of sp³-hybridized carbons (Fsp3) is 0.571. The lowest BCUT2D eigenvalue weighted by atomic mass is 10.0. The van der Waals surface area contributed by atoms with Gasteiger partial charge in [0.15, 0.2) is 0 Å². The molecule has 1 aromatic rings. The van der Waals surface area contributed by atoms with Crippen molar-refractivity contribution in [2.24, 2.45) is 0 Å². The predicted octanol–water partition coefficient (Wildman–Crippen LogP) is 4.00. The number of alkyl halides is 3. The number of likely N-dealkylation sites (tertiary alicyclic amines) is 1. The Labute approximate surface area is 106 Å². The van der Waals surface area contributed by atoms with E-state index in [9.17, 15) is 13.2 Å². The van der Waals surface area contributed by atoms with Crippen LogP contribution in [0.4, 0.5) is 13.2 Å². The lowest BCUT2D eigenvalue weighted by Gasteiger charge is -2.26. The Balaban J connectivity index is 2.14. The number of piperidine rings is 1. The summed E-state index contributed by atoms with van der Waals surface area (Å²) in [6.45, 7) is 4.34. The molecule has 100 valence electrons. The SMILES string of the molecule is Cc1cc(CN2CCCCC2)cc(C(F)(F)F)c1. The summed E-state index contributed by atoms with van der Waals surface area (Å²) >= 11 is 0. The van der Waals surface area contributed by atoms with Gasteiger partial charge in [0.05, 0.1) is 5.56 Å². The van der Waals surface area contributed by atoms with E-state index in [0.29, 0.717) is 12.1 Å². The topological polar surface area (TPSA) is 3.24 Å². The van der Waals surface area contributed by atoms with Crippen LogP contribution in [0.1, 0.15) is 36.0 Å². The summed E-state index contributed by atoms with van der Waals surface area (Å²) in [5.41, 5.74) is 0.913. The highest BCUT2D eigenvalue weighted by Gasteiger charge is 2.30. The smallest absolute Gasteiger partial charge is 0.299 e. The van der Waals surface area contributed by atoms with Crippen LogP contribution in [0, 0.1) is 6.92 Å². The summed E-state index contributed by atoms with van der Waals surface area (Å²) in [5, 5.41) is 0. The first kappa shape index (κ1) is 13.4. The molecule has 2 rings (SSSR count). The summed E-state index contributed by atoms with van der Waals surface area (Å²) in [7, 11) is 0. The summed E-state index contributed by atoms with van der Waals surface area (Å²) < 4.78 is 38.1. The molecule has 1 fully saturated rings. The van der Waals surface area contributed by atoms with Gasteiger partial charge < -0.3 is 0 Å². The highest BCUT2D eigenvalue weighted by atomic mass is 19.4. The second kappa shape index (κ2) is 5.31. The number of benzene rings is 1. The first-order valence-corrected chi connectivity index (χ1v) is 6.35. The Kier molecular flexibility index (Phi) is 3.95. The monoisotopic (exact) mass is 257 g/mol. The highest BCUT2D eigenvalue weighted by molar-refractivity contribution is 5.31. The van der Waals surface area contributed by atoms with E-state index in [1.807, 2.05) is 6.07 Å². The van der Waals surface area contributed by atoms with Crippen LogP contribution in [0.5, 0.6) is 0 Å². The van der Waals surface area contributed by atoms with Crippen molar-refractivity contribution in [3.05, 3.63) is 34.9 Å².